The Kier molecular flexibility index (Phi) is 3.34. The van der Waals surface area contributed by atoms with Gasteiger partial charge in [-0.3, -0.25) is 4.79 Å². The Morgan fingerprint density at radius 3 is 2.60 bits per heavy atom. The summed E-state index contributed by atoms with van der Waals surface area (Å²) < 4.78 is 29.9. The third-order valence-electron chi connectivity index (χ3n) is 1.65. The average Bonchev–Trinajstić information content (AvgIpc) is 2.18. The van der Waals surface area contributed by atoms with Gasteiger partial charge in [0.2, 0.25) is 6.10 Å². The lowest BCUT2D eigenvalue weighted by molar-refractivity contribution is -0.144. The maximum absolute atomic E-state index is 12.8. The van der Waals surface area contributed by atoms with Crippen molar-refractivity contribution in [2.45, 2.75) is 13.0 Å². The molecule has 0 aliphatic rings. The fourth-order valence-electron chi connectivity index (χ4n) is 1.01. The summed E-state index contributed by atoms with van der Waals surface area (Å²) in [6.07, 6.45) is -1.21. The molecule has 0 saturated carbocycles. The van der Waals surface area contributed by atoms with Gasteiger partial charge in [0.1, 0.15) is 6.07 Å². The lowest BCUT2D eigenvalue weighted by Gasteiger charge is -2.09. The van der Waals surface area contributed by atoms with Gasteiger partial charge in [-0.1, -0.05) is 6.07 Å². The molecule has 0 fully saturated rings. The zero-order valence-corrected chi connectivity index (χ0v) is 7.83. The Hall–Kier alpha value is -1.96. The monoisotopic (exact) mass is 211 g/mol. The fraction of sp³-hybridized carbons (Fsp3) is 0.200. The maximum Gasteiger partial charge on any atom is 0.304 e. The molecule has 5 heteroatoms. The van der Waals surface area contributed by atoms with Crippen LogP contribution in [0, 0.1) is 23.0 Å². The quantitative estimate of drug-likeness (QED) is 0.704. The third kappa shape index (κ3) is 2.74. The van der Waals surface area contributed by atoms with E-state index < -0.39 is 23.7 Å². The van der Waals surface area contributed by atoms with Crippen LogP contribution in [-0.2, 0) is 9.53 Å². The van der Waals surface area contributed by atoms with Crippen molar-refractivity contribution in [3.63, 3.8) is 0 Å². The molecule has 1 aromatic carbocycles. The molecule has 1 atom stereocenters. The number of hydrogen-bond donors (Lipinski definition) is 0. The number of nitrogens with zero attached hydrogens (tertiary/aromatic N) is 1. The number of carbonyl (C=O) groups excluding carboxylic acids is 1. The second-order valence-corrected chi connectivity index (χ2v) is 2.79. The molecule has 0 amide bonds. The first-order valence-corrected chi connectivity index (χ1v) is 4.06. The van der Waals surface area contributed by atoms with E-state index in [9.17, 15) is 13.6 Å². The highest BCUT2D eigenvalue weighted by molar-refractivity contribution is 5.66. The number of esters is 1. The summed E-state index contributed by atoms with van der Waals surface area (Å²) in [5.41, 5.74) is 0.103. The van der Waals surface area contributed by atoms with E-state index in [0.717, 1.165) is 19.1 Å². The summed E-state index contributed by atoms with van der Waals surface area (Å²) >= 11 is 0. The van der Waals surface area contributed by atoms with Crippen molar-refractivity contribution in [3.8, 4) is 6.07 Å². The molecule has 15 heavy (non-hydrogen) atoms. The predicted molar refractivity (Wildman–Crippen MR) is 46.5 cm³/mol. The zero-order chi connectivity index (χ0) is 11.4. The van der Waals surface area contributed by atoms with E-state index in [0.29, 0.717) is 0 Å². The Morgan fingerprint density at radius 2 is 2.13 bits per heavy atom. The van der Waals surface area contributed by atoms with Crippen LogP contribution in [0.3, 0.4) is 0 Å². The van der Waals surface area contributed by atoms with Crippen molar-refractivity contribution >= 4 is 5.97 Å². The van der Waals surface area contributed by atoms with Crippen LogP contribution < -0.4 is 0 Å². The SMILES string of the molecule is CC(=O)O[C@@H](C#N)c1ccc(F)c(F)c1. The van der Waals surface area contributed by atoms with Gasteiger partial charge in [-0.15, -0.1) is 0 Å². The molecule has 0 radical (unpaired) electrons. The summed E-state index contributed by atoms with van der Waals surface area (Å²) in [5, 5.41) is 8.65. The van der Waals surface area contributed by atoms with Crippen molar-refractivity contribution in [2.24, 2.45) is 0 Å². The maximum atomic E-state index is 12.8. The van der Waals surface area contributed by atoms with Gasteiger partial charge >= 0.3 is 5.97 Å². The molecule has 0 bridgehead atoms. The molecule has 0 N–H and O–H groups in total. The van der Waals surface area contributed by atoms with E-state index in [1.807, 2.05) is 0 Å². The van der Waals surface area contributed by atoms with E-state index in [4.69, 9.17) is 5.26 Å². The highest BCUT2D eigenvalue weighted by Gasteiger charge is 2.15. The Bertz CT molecular complexity index is 426. The molecule has 0 aliphatic heterocycles. The first-order chi connectivity index (χ1) is 7.04. The molecule has 78 valence electrons. The van der Waals surface area contributed by atoms with Crippen LogP contribution in [0.2, 0.25) is 0 Å². The van der Waals surface area contributed by atoms with Gasteiger partial charge in [0.05, 0.1) is 0 Å². The van der Waals surface area contributed by atoms with Gasteiger partial charge in [-0.2, -0.15) is 5.26 Å². The second-order valence-electron chi connectivity index (χ2n) is 2.79. The summed E-state index contributed by atoms with van der Waals surface area (Å²) in [6, 6.07) is 4.55. The van der Waals surface area contributed by atoms with E-state index in [1.54, 1.807) is 6.07 Å². The number of benzene rings is 1. The second kappa shape index (κ2) is 4.51. The standard InChI is InChI=1S/C10H7F2NO2/c1-6(14)15-10(5-13)7-2-3-8(11)9(12)4-7/h2-4,10H,1H3/t10-/m0/s1. The third-order valence-corrected chi connectivity index (χ3v) is 1.65. The van der Waals surface area contributed by atoms with Crippen molar-refractivity contribution in [1.82, 2.24) is 0 Å². The lowest BCUT2D eigenvalue weighted by Crippen LogP contribution is -2.07. The number of halogens is 2. The summed E-state index contributed by atoms with van der Waals surface area (Å²) in [6.45, 7) is 1.13. The van der Waals surface area contributed by atoms with E-state index >= 15 is 0 Å². The molecule has 0 spiro atoms. The van der Waals surface area contributed by atoms with Gasteiger partial charge in [0, 0.05) is 12.5 Å². The zero-order valence-electron chi connectivity index (χ0n) is 7.83. The molecule has 0 unspecified atom stereocenters. The van der Waals surface area contributed by atoms with Gasteiger partial charge in [-0.25, -0.2) is 8.78 Å². The number of rotatable bonds is 2. The molecular formula is C10H7F2NO2. The predicted octanol–water partition coefficient (Wildman–Crippen LogP) is 2.09. The van der Waals surface area contributed by atoms with Crippen LogP contribution >= 0.6 is 0 Å². The van der Waals surface area contributed by atoms with Crippen molar-refractivity contribution in [2.75, 3.05) is 0 Å². The topological polar surface area (TPSA) is 50.1 Å². The molecule has 1 rings (SSSR count). The molecule has 3 nitrogen and oxygen atoms in total. The van der Waals surface area contributed by atoms with Crippen LogP contribution in [0.25, 0.3) is 0 Å². The van der Waals surface area contributed by atoms with Crippen molar-refractivity contribution < 1.29 is 18.3 Å². The Balaban J connectivity index is 2.98. The van der Waals surface area contributed by atoms with Crippen LogP contribution in [-0.4, -0.2) is 5.97 Å². The molecule has 0 heterocycles. The Morgan fingerprint density at radius 1 is 1.47 bits per heavy atom. The number of nitriles is 1. The van der Waals surface area contributed by atoms with Crippen molar-refractivity contribution in [3.05, 3.63) is 35.4 Å². The van der Waals surface area contributed by atoms with Crippen LogP contribution in [0.5, 0.6) is 0 Å². The highest BCUT2D eigenvalue weighted by atomic mass is 19.2. The van der Waals surface area contributed by atoms with Crippen LogP contribution in [0.1, 0.15) is 18.6 Å². The first kappa shape index (κ1) is 11.1. The Labute approximate surface area is 84.9 Å². The lowest BCUT2D eigenvalue weighted by atomic mass is 10.1. The number of ether oxygens (including phenoxy) is 1. The fourth-order valence-corrected chi connectivity index (χ4v) is 1.01. The highest BCUT2D eigenvalue weighted by Crippen LogP contribution is 2.19. The normalized spacial score (nSPS) is 11.6. The molecule has 1 aromatic rings. The summed E-state index contributed by atoms with van der Waals surface area (Å²) in [7, 11) is 0. The minimum absolute atomic E-state index is 0.103. The summed E-state index contributed by atoms with van der Waals surface area (Å²) in [5.74, 6) is -2.76. The largest absolute Gasteiger partial charge is 0.442 e. The van der Waals surface area contributed by atoms with Gasteiger partial charge in [-0.05, 0) is 12.1 Å². The molecule has 0 aliphatic carbocycles. The molecule has 0 aromatic heterocycles. The van der Waals surface area contributed by atoms with Crippen molar-refractivity contribution in [1.29, 1.82) is 5.26 Å². The number of carbonyl (C=O) groups is 1. The van der Waals surface area contributed by atoms with Gasteiger partial charge in [0.25, 0.3) is 0 Å². The van der Waals surface area contributed by atoms with Crippen LogP contribution in [0.15, 0.2) is 18.2 Å². The van der Waals surface area contributed by atoms with E-state index in [-0.39, 0.29) is 5.56 Å². The first-order valence-electron chi connectivity index (χ1n) is 4.06. The van der Waals surface area contributed by atoms with E-state index in [2.05, 4.69) is 4.74 Å². The summed E-state index contributed by atoms with van der Waals surface area (Å²) in [4.78, 5) is 10.6. The number of hydrogen-bond acceptors (Lipinski definition) is 3. The minimum Gasteiger partial charge on any atom is -0.442 e. The molecule has 0 saturated heterocycles. The van der Waals surface area contributed by atoms with Gasteiger partial charge in [0.15, 0.2) is 11.6 Å². The molecular weight excluding hydrogens is 204 g/mol. The minimum atomic E-state index is -1.21. The smallest absolute Gasteiger partial charge is 0.304 e. The van der Waals surface area contributed by atoms with E-state index in [1.165, 1.54) is 6.07 Å². The van der Waals surface area contributed by atoms with Gasteiger partial charge < -0.3 is 4.74 Å². The average molecular weight is 211 g/mol. The van der Waals surface area contributed by atoms with Crippen LogP contribution in [0.4, 0.5) is 8.78 Å².